The fourth-order valence-electron chi connectivity index (χ4n) is 4.56. The van der Waals surface area contributed by atoms with Crippen molar-refractivity contribution in [1.82, 2.24) is 20.0 Å². The molecule has 3 heterocycles. The van der Waals surface area contributed by atoms with E-state index in [2.05, 4.69) is 27.0 Å². The number of hydrogen-bond acceptors (Lipinski definition) is 5. The maximum Gasteiger partial charge on any atom is 0.243 e. The number of piperidine rings is 1. The average molecular weight is 424 g/mol. The number of aliphatic imine (C=N–C) groups is 1. The molecular formula is C22H41N5O3. The van der Waals surface area contributed by atoms with Gasteiger partial charge in [-0.25, -0.2) is 4.99 Å². The molecule has 1 amide bonds. The van der Waals surface area contributed by atoms with E-state index in [1.54, 1.807) is 19.0 Å². The normalized spacial score (nSPS) is 26.4. The van der Waals surface area contributed by atoms with Gasteiger partial charge in [0.1, 0.15) is 6.54 Å². The van der Waals surface area contributed by atoms with Gasteiger partial charge in [-0.1, -0.05) is 6.92 Å². The fourth-order valence-corrected chi connectivity index (χ4v) is 4.56. The van der Waals surface area contributed by atoms with E-state index >= 15 is 0 Å². The number of likely N-dealkylation sites (N-methyl/N-ethyl adjacent to an activating group) is 2. The largest absolute Gasteiger partial charge is 0.376 e. The van der Waals surface area contributed by atoms with Crippen LogP contribution in [-0.2, 0) is 14.3 Å². The van der Waals surface area contributed by atoms with Gasteiger partial charge in [0, 0.05) is 46.4 Å². The van der Waals surface area contributed by atoms with Crippen LogP contribution in [0.25, 0.3) is 0 Å². The molecule has 2 atom stereocenters. The lowest BCUT2D eigenvalue weighted by Gasteiger charge is -2.35. The zero-order valence-electron chi connectivity index (χ0n) is 19.1. The zero-order valence-corrected chi connectivity index (χ0v) is 19.1. The molecule has 1 N–H and O–H groups in total. The SMILES string of the molecule is CCN1CCCC1CNC(=NCC(=O)N(C)C)N1CCC(OCC2CCCO2)CC1. The van der Waals surface area contributed by atoms with E-state index in [1.165, 1.54) is 19.4 Å². The van der Waals surface area contributed by atoms with E-state index in [4.69, 9.17) is 9.47 Å². The van der Waals surface area contributed by atoms with Crippen LogP contribution in [0.1, 0.15) is 45.4 Å². The summed E-state index contributed by atoms with van der Waals surface area (Å²) in [7, 11) is 3.55. The zero-order chi connectivity index (χ0) is 21.3. The van der Waals surface area contributed by atoms with Gasteiger partial charge in [-0.15, -0.1) is 0 Å². The van der Waals surface area contributed by atoms with E-state index in [1.807, 2.05) is 0 Å². The van der Waals surface area contributed by atoms with Gasteiger partial charge < -0.3 is 24.6 Å². The Bertz CT molecular complexity index is 557. The molecule has 3 fully saturated rings. The maximum absolute atomic E-state index is 12.1. The number of carbonyl (C=O) groups excluding carboxylic acids is 1. The van der Waals surface area contributed by atoms with Gasteiger partial charge in [0.2, 0.25) is 5.91 Å². The van der Waals surface area contributed by atoms with Gasteiger partial charge in [0.25, 0.3) is 0 Å². The number of guanidine groups is 1. The van der Waals surface area contributed by atoms with Crippen molar-refractivity contribution in [2.24, 2.45) is 4.99 Å². The lowest BCUT2D eigenvalue weighted by atomic mass is 10.1. The monoisotopic (exact) mass is 423 g/mol. The number of nitrogens with zero attached hydrogens (tertiary/aromatic N) is 4. The van der Waals surface area contributed by atoms with Gasteiger partial charge in [-0.05, 0) is 51.6 Å². The first kappa shape index (κ1) is 23.3. The molecule has 172 valence electrons. The minimum atomic E-state index is 0.0279. The van der Waals surface area contributed by atoms with Gasteiger partial charge in [0.15, 0.2) is 5.96 Å². The van der Waals surface area contributed by atoms with Crippen LogP contribution in [0.2, 0.25) is 0 Å². The third-order valence-corrected chi connectivity index (χ3v) is 6.55. The van der Waals surface area contributed by atoms with Crippen molar-refractivity contribution in [3.8, 4) is 0 Å². The van der Waals surface area contributed by atoms with E-state index in [0.717, 1.165) is 71.0 Å². The van der Waals surface area contributed by atoms with E-state index in [0.29, 0.717) is 12.1 Å². The van der Waals surface area contributed by atoms with Crippen molar-refractivity contribution in [3.05, 3.63) is 0 Å². The summed E-state index contributed by atoms with van der Waals surface area (Å²) in [5.41, 5.74) is 0. The Hall–Kier alpha value is -1.38. The van der Waals surface area contributed by atoms with Crippen LogP contribution in [0.3, 0.4) is 0 Å². The van der Waals surface area contributed by atoms with Crippen LogP contribution in [-0.4, -0.2) is 111 Å². The average Bonchev–Trinajstić information content (AvgIpc) is 3.44. The molecule has 3 rings (SSSR count). The molecule has 0 aromatic heterocycles. The topological polar surface area (TPSA) is 69.6 Å². The standard InChI is InChI=1S/C22H41N5O3/c1-4-26-11-5-7-18(26)15-23-22(24-16-21(28)25(2)3)27-12-9-19(10-13-27)30-17-20-8-6-14-29-20/h18-20H,4-17H2,1-3H3,(H,23,24). The van der Waals surface area contributed by atoms with Crippen LogP contribution in [0.15, 0.2) is 4.99 Å². The number of amides is 1. The summed E-state index contributed by atoms with van der Waals surface area (Å²) in [5.74, 6) is 0.894. The first-order valence-corrected chi connectivity index (χ1v) is 11.8. The number of ether oxygens (including phenoxy) is 2. The summed E-state index contributed by atoms with van der Waals surface area (Å²) >= 11 is 0. The van der Waals surface area contributed by atoms with Crippen LogP contribution >= 0.6 is 0 Å². The molecule has 0 aromatic rings. The summed E-state index contributed by atoms with van der Waals surface area (Å²) in [6.45, 7) is 8.97. The highest BCUT2D eigenvalue weighted by molar-refractivity contribution is 5.85. The third-order valence-electron chi connectivity index (χ3n) is 6.55. The summed E-state index contributed by atoms with van der Waals surface area (Å²) < 4.78 is 11.8. The lowest BCUT2D eigenvalue weighted by Crippen LogP contribution is -2.50. The Balaban J connectivity index is 1.50. The molecule has 3 saturated heterocycles. The Labute approximate surface area is 181 Å². The summed E-state index contributed by atoms with van der Waals surface area (Å²) in [6.07, 6.45) is 7.31. The second-order valence-electron chi connectivity index (χ2n) is 8.89. The van der Waals surface area contributed by atoms with Gasteiger partial charge in [-0.2, -0.15) is 0 Å². The molecule has 8 nitrogen and oxygen atoms in total. The molecule has 3 aliphatic heterocycles. The van der Waals surface area contributed by atoms with Crippen molar-refractivity contribution in [2.75, 3.05) is 66.6 Å². The minimum Gasteiger partial charge on any atom is -0.376 e. The number of carbonyl (C=O) groups is 1. The highest BCUT2D eigenvalue weighted by Crippen LogP contribution is 2.19. The molecule has 30 heavy (non-hydrogen) atoms. The molecule has 8 heteroatoms. The van der Waals surface area contributed by atoms with Crippen LogP contribution in [0.5, 0.6) is 0 Å². The van der Waals surface area contributed by atoms with Gasteiger partial charge >= 0.3 is 0 Å². The Morgan fingerprint density at radius 1 is 1.17 bits per heavy atom. The molecule has 0 aliphatic carbocycles. The van der Waals surface area contributed by atoms with Crippen molar-refractivity contribution < 1.29 is 14.3 Å². The highest BCUT2D eigenvalue weighted by Gasteiger charge is 2.27. The molecular weight excluding hydrogens is 382 g/mol. The summed E-state index contributed by atoms with van der Waals surface area (Å²) in [5, 5.41) is 3.58. The van der Waals surface area contributed by atoms with Gasteiger partial charge in [-0.3, -0.25) is 9.69 Å². The van der Waals surface area contributed by atoms with E-state index < -0.39 is 0 Å². The first-order chi connectivity index (χ1) is 14.6. The quantitative estimate of drug-likeness (QED) is 0.467. The molecule has 0 radical (unpaired) electrons. The number of likely N-dealkylation sites (tertiary alicyclic amines) is 2. The smallest absolute Gasteiger partial charge is 0.243 e. The number of hydrogen-bond donors (Lipinski definition) is 1. The molecule has 0 bridgehead atoms. The predicted octanol–water partition coefficient (Wildman–Crippen LogP) is 1.16. The minimum absolute atomic E-state index is 0.0279. The summed E-state index contributed by atoms with van der Waals surface area (Å²) in [6, 6.07) is 0.553. The van der Waals surface area contributed by atoms with E-state index in [9.17, 15) is 4.79 Å². The predicted molar refractivity (Wildman–Crippen MR) is 119 cm³/mol. The van der Waals surface area contributed by atoms with Crippen molar-refractivity contribution in [2.45, 2.75) is 63.7 Å². The van der Waals surface area contributed by atoms with Crippen molar-refractivity contribution in [1.29, 1.82) is 0 Å². The second kappa shape index (κ2) is 11.9. The van der Waals surface area contributed by atoms with Crippen LogP contribution in [0, 0.1) is 0 Å². The molecule has 3 aliphatic rings. The van der Waals surface area contributed by atoms with Crippen LogP contribution < -0.4 is 5.32 Å². The number of rotatable bonds is 8. The number of nitrogens with one attached hydrogen (secondary N) is 1. The van der Waals surface area contributed by atoms with Crippen LogP contribution in [0.4, 0.5) is 0 Å². The Kier molecular flexibility index (Phi) is 9.21. The molecule has 2 unspecified atom stereocenters. The van der Waals surface area contributed by atoms with Crippen molar-refractivity contribution in [3.63, 3.8) is 0 Å². The maximum atomic E-state index is 12.1. The van der Waals surface area contributed by atoms with Crippen molar-refractivity contribution >= 4 is 11.9 Å². The lowest BCUT2D eigenvalue weighted by molar-refractivity contribution is -0.127. The first-order valence-electron chi connectivity index (χ1n) is 11.8. The van der Waals surface area contributed by atoms with Gasteiger partial charge in [0.05, 0.1) is 18.8 Å². The molecule has 0 saturated carbocycles. The fraction of sp³-hybridized carbons (Fsp3) is 0.909. The van der Waals surface area contributed by atoms with E-state index in [-0.39, 0.29) is 18.6 Å². The summed E-state index contributed by atoms with van der Waals surface area (Å²) in [4.78, 5) is 23.2. The highest BCUT2D eigenvalue weighted by atomic mass is 16.5. The molecule has 0 spiro atoms. The Morgan fingerprint density at radius 2 is 1.97 bits per heavy atom. The Morgan fingerprint density at radius 3 is 2.63 bits per heavy atom. The molecule has 0 aromatic carbocycles. The second-order valence-corrected chi connectivity index (χ2v) is 8.89. The third kappa shape index (κ3) is 6.82.